The minimum Gasteiger partial charge on any atom is -0.272 e. The van der Waals surface area contributed by atoms with E-state index in [9.17, 15) is 4.79 Å². The monoisotopic (exact) mass is 253 g/mol. The first-order valence-corrected chi connectivity index (χ1v) is 6.72. The first kappa shape index (κ1) is 10.9. The number of hydrogen-bond acceptors (Lipinski definition) is 3. The van der Waals surface area contributed by atoms with Gasteiger partial charge in [-0.1, -0.05) is 36.4 Å². The number of fused-ring (bicyclic) bond motifs is 3. The van der Waals surface area contributed by atoms with Crippen LogP contribution in [0.25, 0.3) is 11.0 Å². The summed E-state index contributed by atoms with van der Waals surface area (Å²) >= 11 is 0. The van der Waals surface area contributed by atoms with Crippen molar-refractivity contribution in [3.8, 4) is 0 Å². The highest BCUT2D eigenvalue weighted by Crippen LogP contribution is 2.52. The van der Waals surface area contributed by atoms with Gasteiger partial charge in [-0.25, -0.2) is 0 Å². The van der Waals surface area contributed by atoms with Crippen LogP contribution in [0.2, 0.25) is 0 Å². The zero-order valence-electron chi connectivity index (χ0n) is 10.8. The predicted molar refractivity (Wildman–Crippen MR) is 71.6 cm³/mol. The summed E-state index contributed by atoms with van der Waals surface area (Å²) in [6.07, 6.45) is 6.49. The fraction of sp³-hybridized carbons (Fsp3) is 0.400. The molecule has 19 heavy (non-hydrogen) atoms. The van der Waals surface area contributed by atoms with Gasteiger partial charge in [0.1, 0.15) is 5.52 Å². The lowest BCUT2D eigenvalue weighted by molar-refractivity contribution is 0.0664. The molecular weight excluding hydrogens is 238 g/mol. The molecule has 1 aromatic carbocycles. The molecule has 0 spiro atoms. The molecule has 4 rings (SSSR count). The predicted octanol–water partition coefficient (Wildman–Crippen LogP) is 2.67. The summed E-state index contributed by atoms with van der Waals surface area (Å²) in [6.45, 7) is 2.07. The largest absolute Gasteiger partial charge is 0.272 e. The van der Waals surface area contributed by atoms with Gasteiger partial charge in [-0.2, -0.15) is 4.68 Å². The van der Waals surface area contributed by atoms with Crippen molar-refractivity contribution in [2.24, 2.45) is 17.3 Å². The fourth-order valence-electron chi connectivity index (χ4n) is 3.60. The van der Waals surface area contributed by atoms with Crippen LogP contribution in [0, 0.1) is 17.3 Å². The number of para-hydroxylation sites is 1. The van der Waals surface area contributed by atoms with Gasteiger partial charge >= 0.3 is 0 Å². The van der Waals surface area contributed by atoms with E-state index >= 15 is 0 Å². The normalized spacial score (nSPS) is 32.3. The maximum absolute atomic E-state index is 12.9. The Morgan fingerprint density at radius 2 is 2.21 bits per heavy atom. The van der Waals surface area contributed by atoms with Gasteiger partial charge < -0.3 is 0 Å². The number of allylic oxidation sites excluding steroid dienone is 2. The molecule has 96 valence electrons. The Morgan fingerprint density at radius 3 is 2.95 bits per heavy atom. The molecule has 0 saturated heterocycles. The highest BCUT2D eigenvalue weighted by molar-refractivity contribution is 5.92. The number of carbonyl (C=O) groups excluding carboxylic acids is 1. The minimum absolute atomic E-state index is 0.0815. The maximum atomic E-state index is 12.9. The third-order valence-electron chi connectivity index (χ3n) is 4.71. The molecule has 0 radical (unpaired) electrons. The van der Waals surface area contributed by atoms with Gasteiger partial charge in [0, 0.05) is 0 Å². The number of nitrogens with zero attached hydrogens (tertiary/aromatic N) is 3. The van der Waals surface area contributed by atoms with Crippen molar-refractivity contribution in [2.45, 2.75) is 19.8 Å². The summed E-state index contributed by atoms with van der Waals surface area (Å²) in [7, 11) is 0. The molecule has 0 N–H and O–H groups in total. The molecule has 3 unspecified atom stereocenters. The number of aromatic nitrogens is 3. The highest BCUT2D eigenvalue weighted by atomic mass is 16.2. The van der Waals surface area contributed by atoms with Gasteiger partial charge in [0.05, 0.1) is 10.9 Å². The molecule has 0 aliphatic heterocycles. The van der Waals surface area contributed by atoms with Gasteiger partial charge in [-0.05, 0) is 36.8 Å². The average molecular weight is 253 g/mol. The Labute approximate surface area is 111 Å². The summed E-state index contributed by atoms with van der Waals surface area (Å²) < 4.78 is 1.49. The van der Waals surface area contributed by atoms with Crippen LogP contribution >= 0.6 is 0 Å². The van der Waals surface area contributed by atoms with Crippen molar-refractivity contribution >= 4 is 16.9 Å². The Bertz CT molecular complexity index is 702. The quantitative estimate of drug-likeness (QED) is 0.734. The second-order valence-electron chi connectivity index (χ2n) is 5.90. The molecule has 2 aliphatic carbocycles. The second kappa shape index (κ2) is 3.53. The van der Waals surface area contributed by atoms with E-state index in [0.717, 1.165) is 23.9 Å². The summed E-state index contributed by atoms with van der Waals surface area (Å²) in [5.74, 6) is 1.000. The molecule has 1 saturated carbocycles. The third-order valence-corrected chi connectivity index (χ3v) is 4.71. The van der Waals surface area contributed by atoms with E-state index in [1.807, 2.05) is 24.3 Å². The molecule has 1 fully saturated rings. The first-order valence-electron chi connectivity index (χ1n) is 6.72. The number of benzene rings is 1. The Hall–Kier alpha value is -1.97. The Balaban J connectivity index is 1.81. The van der Waals surface area contributed by atoms with Crippen molar-refractivity contribution in [1.82, 2.24) is 15.0 Å². The highest BCUT2D eigenvalue weighted by Gasteiger charge is 2.51. The summed E-state index contributed by atoms with van der Waals surface area (Å²) in [4.78, 5) is 12.9. The van der Waals surface area contributed by atoms with Crippen LogP contribution in [0.4, 0.5) is 0 Å². The van der Waals surface area contributed by atoms with E-state index in [1.165, 1.54) is 4.68 Å². The molecule has 4 heteroatoms. The fourth-order valence-corrected chi connectivity index (χ4v) is 3.60. The molecule has 4 nitrogen and oxygen atoms in total. The van der Waals surface area contributed by atoms with Gasteiger partial charge in [0.25, 0.3) is 5.91 Å². The minimum atomic E-state index is -0.324. The lowest BCUT2D eigenvalue weighted by Crippen LogP contribution is -2.36. The smallest absolute Gasteiger partial charge is 0.255 e. The average Bonchev–Trinajstić information content (AvgIpc) is 3.11. The van der Waals surface area contributed by atoms with E-state index < -0.39 is 0 Å². The molecule has 1 aromatic heterocycles. The van der Waals surface area contributed by atoms with Crippen molar-refractivity contribution in [1.29, 1.82) is 0 Å². The molecule has 3 atom stereocenters. The molecule has 2 aliphatic rings. The van der Waals surface area contributed by atoms with E-state index in [4.69, 9.17) is 0 Å². The van der Waals surface area contributed by atoms with Crippen LogP contribution in [0.1, 0.15) is 24.6 Å². The van der Waals surface area contributed by atoms with Crippen LogP contribution in [0.15, 0.2) is 36.4 Å². The molecular formula is C15H15N3O. The lowest BCUT2D eigenvalue weighted by atomic mass is 9.77. The second-order valence-corrected chi connectivity index (χ2v) is 5.90. The molecule has 1 heterocycles. The topological polar surface area (TPSA) is 47.8 Å². The Kier molecular flexibility index (Phi) is 2.03. The third kappa shape index (κ3) is 1.37. The summed E-state index contributed by atoms with van der Waals surface area (Å²) in [5.41, 5.74) is 1.26. The van der Waals surface area contributed by atoms with Crippen LogP contribution in [0.3, 0.4) is 0 Å². The lowest BCUT2D eigenvalue weighted by Gasteiger charge is -2.29. The van der Waals surface area contributed by atoms with Crippen LogP contribution in [-0.4, -0.2) is 20.9 Å². The number of rotatable bonds is 1. The van der Waals surface area contributed by atoms with Crippen molar-refractivity contribution in [3.63, 3.8) is 0 Å². The van der Waals surface area contributed by atoms with Crippen molar-refractivity contribution in [2.75, 3.05) is 0 Å². The maximum Gasteiger partial charge on any atom is 0.255 e. The van der Waals surface area contributed by atoms with Gasteiger partial charge in [0.2, 0.25) is 0 Å². The van der Waals surface area contributed by atoms with Crippen molar-refractivity contribution < 1.29 is 4.79 Å². The zero-order chi connectivity index (χ0) is 13.0. The Morgan fingerprint density at radius 1 is 1.37 bits per heavy atom. The van der Waals surface area contributed by atoms with E-state index in [-0.39, 0.29) is 11.3 Å². The van der Waals surface area contributed by atoms with Crippen LogP contribution < -0.4 is 0 Å². The van der Waals surface area contributed by atoms with Gasteiger partial charge in [-0.3, -0.25) is 4.79 Å². The van der Waals surface area contributed by atoms with Crippen molar-refractivity contribution in [3.05, 3.63) is 36.4 Å². The number of hydrogen-bond donors (Lipinski definition) is 0. The SMILES string of the molecule is CC1(C(=O)n2nnc3ccccc32)CC2C=CC1C2. The summed E-state index contributed by atoms with van der Waals surface area (Å²) in [6, 6.07) is 7.61. The van der Waals surface area contributed by atoms with Gasteiger partial charge in [0.15, 0.2) is 0 Å². The number of carbonyl (C=O) groups is 1. The first-order chi connectivity index (χ1) is 9.18. The standard InChI is InChI=1S/C15H15N3O/c1-15(9-10-6-7-11(15)8-10)14(19)18-13-5-3-2-4-12(13)16-17-18/h2-7,10-11H,8-9H2,1H3. The molecule has 2 aromatic rings. The molecule has 0 amide bonds. The summed E-state index contributed by atoms with van der Waals surface area (Å²) in [5, 5.41) is 8.14. The van der Waals surface area contributed by atoms with E-state index in [1.54, 1.807) is 0 Å². The van der Waals surface area contributed by atoms with Crippen LogP contribution in [-0.2, 0) is 0 Å². The van der Waals surface area contributed by atoms with Gasteiger partial charge in [-0.15, -0.1) is 5.10 Å². The van der Waals surface area contributed by atoms with E-state index in [2.05, 4.69) is 29.4 Å². The van der Waals surface area contributed by atoms with E-state index in [0.29, 0.717) is 11.8 Å². The zero-order valence-corrected chi connectivity index (χ0v) is 10.8. The van der Waals surface area contributed by atoms with Crippen LogP contribution in [0.5, 0.6) is 0 Å². The molecule has 2 bridgehead atoms.